The molecular formula is C26H27N5O. The van der Waals surface area contributed by atoms with Gasteiger partial charge in [-0.2, -0.15) is 10.2 Å². The summed E-state index contributed by atoms with van der Waals surface area (Å²) >= 11 is 0. The van der Waals surface area contributed by atoms with Crippen molar-refractivity contribution in [1.82, 2.24) is 20.2 Å². The van der Waals surface area contributed by atoms with E-state index in [0.717, 1.165) is 34.3 Å². The Labute approximate surface area is 188 Å². The molecule has 4 aromatic rings. The van der Waals surface area contributed by atoms with Crippen LogP contribution in [0.4, 0.5) is 0 Å². The molecule has 162 valence electrons. The van der Waals surface area contributed by atoms with Crippen LogP contribution in [0.25, 0.3) is 22.2 Å². The lowest BCUT2D eigenvalue weighted by Crippen LogP contribution is -2.18. The van der Waals surface area contributed by atoms with Crippen molar-refractivity contribution in [3.05, 3.63) is 83.7 Å². The molecule has 0 atom stereocenters. The second-order valence-electron chi connectivity index (χ2n) is 8.73. The molecule has 0 saturated carbocycles. The summed E-state index contributed by atoms with van der Waals surface area (Å²) in [7, 11) is 0. The fourth-order valence-corrected chi connectivity index (χ4v) is 3.50. The van der Waals surface area contributed by atoms with E-state index in [4.69, 9.17) is 4.98 Å². The quantitative estimate of drug-likeness (QED) is 0.354. The van der Waals surface area contributed by atoms with Crippen molar-refractivity contribution in [2.75, 3.05) is 0 Å². The minimum absolute atomic E-state index is 0.0754. The van der Waals surface area contributed by atoms with E-state index in [0.29, 0.717) is 5.56 Å². The van der Waals surface area contributed by atoms with Crippen LogP contribution in [0.1, 0.15) is 49.2 Å². The largest absolute Gasteiger partial charge is 0.272 e. The fraction of sp³-hybridized carbons (Fsp3) is 0.231. The molecule has 0 spiro atoms. The number of hydrazone groups is 1. The van der Waals surface area contributed by atoms with E-state index < -0.39 is 0 Å². The fourth-order valence-electron chi connectivity index (χ4n) is 3.50. The number of aryl methyl sites for hydroxylation is 1. The third kappa shape index (κ3) is 4.59. The van der Waals surface area contributed by atoms with E-state index in [1.165, 1.54) is 5.56 Å². The average molecular weight is 426 g/mol. The number of pyridine rings is 1. The average Bonchev–Trinajstić information content (AvgIpc) is 3.26. The summed E-state index contributed by atoms with van der Waals surface area (Å²) in [5.41, 5.74) is 7.81. The number of nitrogens with one attached hydrogen (secondary N) is 1. The number of hydrogen-bond donors (Lipinski definition) is 1. The topological polar surface area (TPSA) is 72.2 Å². The smallest absolute Gasteiger partial charge is 0.272 e. The second kappa shape index (κ2) is 8.75. The van der Waals surface area contributed by atoms with Gasteiger partial charge in [-0.1, -0.05) is 63.2 Å². The van der Waals surface area contributed by atoms with Gasteiger partial charge in [0.25, 0.3) is 5.91 Å². The van der Waals surface area contributed by atoms with Crippen molar-refractivity contribution in [3.63, 3.8) is 0 Å². The second-order valence-corrected chi connectivity index (χ2v) is 8.73. The molecule has 4 rings (SSSR count). The number of benzene rings is 2. The van der Waals surface area contributed by atoms with Crippen LogP contribution in [0, 0.1) is 0 Å². The highest BCUT2D eigenvalue weighted by molar-refractivity contribution is 6.07. The minimum Gasteiger partial charge on any atom is -0.272 e. The van der Waals surface area contributed by atoms with Gasteiger partial charge >= 0.3 is 0 Å². The van der Waals surface area contributed by atoms with Gasteiger partial charge in [0.15, 0.2) is 0 Å². The molecule has 0 fully saturated rings. The molecule has 1 amide bonds. The first-order valence-electron chi connectivity index (χ1n) is 10.7. The van der Waals surface area contributed by atoms with Crippen LogP contribution < -0.4 is 5.43 Å². The SMILES string of the molecule is CCn1cc(/C=N/NC(=O)c2cc(-c3ccc(C(C)(C)C)cc3)nc3ccccc23)cn1. The van der Waals surface area contributed by atoms with Crippen LogP contribution in [-0.2, 0) is 12.0 Å². The normalized spacial score (nSPS) is 11.9. The lowest BCUT2D eigenvalue weighted by Gasteiger charge is -2.19. The summed E-state index contributed by atoms with van der Waals surface area (Å²) in [6.45, 7) is 9.35. The summed E-state index contributed by atoms with van der Waals surface area (Å²) in [6, 6.07) is 17.8. The predicted octanol–water partition coefficient (Wildman–Crippen LogP) is 5.18. The number of rotatable bonds is 5. The zero-order valence-corrected chi connectivity index (χ0v) is 18.8. The van der Waals surface area contributed by atoms with Crippen LogP contribution in [-0.4, -0.2) is 26.9 Å². The highest BCUT2D eigenvalue weighted by Gasteiger charge is 2.16. The molecule has 0 radical (unpaired) electrons. The van der Waals surface area contributed by atoms with Gasteiger partial charge in [-0.25, -0.2) is 10.4 Å². The highest BCUT2D eigenvalue weighted by atomic mass is 16.2. The number of carbonyl (C=O) groups is 1. The first-order valence-corrected chi connectivity index (χ1v) is 10.7. The Hall–Kier alpha value is -3.80. The first kappa shape index (κ1) is 21.4. The molecule has 2 aromatic heterocycles. The van der Waals surface area contributed by atoms with E-state index in [1.54, 1.807) is 17.1 Å². The van der Waals surface area contributed by atoms with Gasteiger partial charge in [-0.15, -0.1) is 0 Å². The highest BCUT2D eigenvalue weighted by Crippen LogP contribution is 2.28. The molecule has 2 heterocycles. The number of amides is 1. The summed E-state index contributed by atoms with van der Waals surface area (Å²) in [5.74, 6) is -0.282. The third-order valence-electron chi connectivity index (χ3n) is 5.36. The molecule has 0 aliphatic rings. The van der Waals surface area contributed by atoms with Crippen molar-refractivity contribution in [2.45, 2.75) is 39.7 Å². The molecule has 1 N–H and O–H groups in total. The lowest BCUT2D eigenvalue weighted by atomic mass is 9.86. The first-order chi connectivity index (χ1) is 15.3. The molecule has 6 nitrogen and oxygen atoms in total. The van der Waals surface area contributed by atoms with Gasteiger partial charge in [-0.05, 0) is 30.0 Å². The number of hydrogen-bond acceptors (Lipinski definition) is 4. The van der Waals surface area contributed by atoms with Crippen LogP contribution in [0.15, 0.2) is 72.1 Å². The molecule has 0 bridgehead atoms. The summed E-state index contributed by atoms with van der Waals surface area (Å²) in [6.07, 6.45) is 5.17. The van der Waals surface area contributed by atoms with Crippen LogP contribution in [0.3, 0.4) is 0 Å². The van der Waals surface area contributed by atoms with Gasteiger partial charge in [0.05, 0.1) is 29.2 Å². The standard InChI is InChI=1S/C26H27N5O/c1-5-31-17-18(16-28-31)15-27-30-25(32)22-14-24(29-23-9-7-6-8-21(22)23)19-10-12-20(13-11-19)26(2,3)4/h6-17H,5H2,1-4H3,(H,30,32)/b27-15+. The summed E-state index contributed by atoms with van der Waals surface area (Å²) in [4.78, 5) is 17.8. The molecule has 0 aliphatic carbocycles. The zero-order chi connectivity index (χ0) is 22.7. The van der Waals surface area contributed by atoms with Crippen molar-refractivity contribution in [3.8, 4) is 11.3 Å². The predicted molar refractivity (Wildman–Crippen MR) is 129 cm³/mol. The Balaban J connectivity index is 1.65. The number of aromatic nitrogens is 3. The van der Waals surface area contributed by atoms with Crippen molar-refractivity contribution < 1.29 is 4.79 Å². The third-order valence-corrected chi connectivity index (χ3v) is 5.36. The maximum atomic E-state index is 13.0. The van der Waals surface area contributed by atoms with Crippen molar-refractivity contribution in [2.24, 2.45) is 5.10 Å². The maximum Gasteiger partial charge on any atom is 0.272 e. The van der Waals surface area contributed by atoms with E-state index >= 15 is 0 Å². The molecule has 0 aliphatic heterocycles. The van der Waals surface area contributed by atoms with Crippen LogP contribution in [0.5, 0.6) is 0 Å². The summed E-state index contributed by atoms with van der Waals surface area (Å²) < 4.78 is 1.80. The molecule has 6 heteroatoms. The monoisotopic (exact) mass is 425 g/mol. The molecule has 2 aromatic carbocycles. The number of carbonyl (C=O) groups excluding carboxylic acids is 1. The van der Waals surface area contributed by atoms with Gasteiger partial charge in [0, 0.05) is 29.3 Å². The van der Waals surface area contributed by atoms with E-state index in [-0.39, 0.29) is 11.3 Å². The Morgan fingerprint density at radius 3 is 2.56 bits per heavy atom. The van der Waals surface area contributed by atoms with Gasteiger partial charge in [0.2, 0.25) is 0 Å². The molecular weight excluding hydrogens is 398 g/mol. The van der Waals surface area contributed by atoms with Crippen molar-refractivity contribution >= 4 is 23.0 Å². The van der Waals surface area contributed by atoms with Gasteiger partial charge < -0.3 is 0 Å². The molecule has 0 unspecified atom stereocenters. The molecule has 32 heavy (non-hydrogen) atoms. The Morgan fingerprint density at radius 1 is 1.12 bits per heavy atom. The molecule has 0 saturated heterocycles. The number of para-hydroxylation sites is 1. The maximum absolute atomic E-state index is 13.0. The van der Waals surface area contributed by atoms with Gasteiger partial charge in [0.1, 0.15) is 0 Å². The Bertz CT molecular complexity index is 1280. The number of fused-ring (bicyclic) bond motifs is 1. The van der Waals surface area contributed by atoms with Gasteiger partial charge in [-0.3, -0.25) is 9.48 Å². The minimum atomic E-state index is -0.282. The van der Waals surface area contributed by atoms with Crippen LogP contribution >= 0.6 is 0 Å². The van der Waals surface area contributed by atoms with E-state index in [2.05, 4.69) is 60.7 Å². The Kier molecular flexibility index (Phi) is 5.86. The number of nitrogens with zero attached hydrogens (tertiary/aromatic N) is 4. The lowest BCUT2D eigenvalue weighted by molar-refractivity contribution is 0.0956. The summed E-state index contributed by atoms with van der Waals surface area (Å²) in [5, 5.41) is 9.10. The van der Waals surface area contributed by atoms with E-state index in [1.807, 2.05) is 43.5 Å². The van der Waals surface area contributed by atoms with Crippen LogP contribution in [0.2, 0.25) is 0 Å². The van der Waals surface area contributed by atoms with Crippen molar-refractivity contribution in [1.29, 1.82) is 0 Å². The van der Waals surface area contributed by atoms with E-state index in [9.17, 15) is 4.79 Å². The zero-order valence-electron chi connectivity index (χ0n) is 18.8. The Morgan fingerprint density at radius 2 is 1.88 bits per heavy atom.